The van der Waals surface area contributed by atoms with Crippen molar-refractivity contribution < 1.29 is 4.79 Å². The van der Waals surface area contributed by atoms with Gasteiger partial charge in [0, 0.05) is 23.2 Å². The SMILES string of the molecule is Cc1cccc(NC(=O)C2CCCN(Cc3ccc(Br)cc3)C2)c1C. The van der Waals surface area contributed by atoms with Gasteiger partial charge in [0.15, 0.2) is 0 Å². The van der Waals surface area contributed by atoms with Crippen molar-refractivity contribution in [2.45, 2.75) is 33.2 Å². The molecule has 1 amide bonds. The average Bonchev–Trinajstić information content (AvgIpc) is 2.61. The Bertz CT molecular complexity index is 742. The minimum Gasteiger partial charge on any atom is -0.326 e. The molecule has 1 saturated heterocycles. The fraction of sp³-hybridized carbons (Fsp3) is 0.381. The monoisotopic (exact) mass is 400 g/mol. The maximum Gasteiger partial charge on any atom is 0.228 e. The van der Waals surface area contributed by atoms with Crippen molar-refractivity contribution in [2.75, 3.05) is 18.4 Å². The third-order valence-electron chi connectivity index (χ3n) is 5.06. The number of benzene rings is 2. The summed E-state index contributed by atoms with van der Waals surface area (Å²) in [4.78, 5) is 15.1. The summed E-state index contributed by atoms with van der Waals surface area (Å²) in [6.07, 6.45) is 2.04. The van der Waals surface area contributed by atoms with Gasteiger partial charge < -0.3 is 5.32 Å². The molecule has 3 nitrogen and oxygen atoms in total. The molecule has 1 unspecified atom stereocenters. The Kier molecular flexibility index (Phi) is 5.92. The van der Waals surface area contributed by atoms with E-state index in [2.05, 4.69) is 70.3 Å². The van der Waals surface area contributed by atoms with Gasteiger partial charge >= 0.3 is 0 Å². The molecule has 1 fully saturated rings. The van der Waals surface area contributed by atoms with Crippen LogP contribution in [0.1, 0.15) is 29.5 Å². The van der Waals surface area contributed by atoms with E-state index < -0.39 is 0 Å². The molecule has 3 rings (SSSR count). The van der Waals surface area contributed by atoms with Crippen LogP contribution >= 0.6 is 15.9 Å². The minimum absolute atomic E-state index is 0.0594. The van der Waals surface area contributed by atoms with Crippen LogP contribution in [-0.4, -0.2) is 23.9 Å². The lowest BCUT2D eigenvalue weighted by Crippen LogP contribution is -2.40. The summed E-state index contributed by atoms with van der Waals surface area (Å²) in [6, 6.07) is 14.5. The highest BCUT2D eigenvalue weighted by Crippen LogP contribution is 2.23. The van der Waals surface area contributed by atoms with Gasteiger partial charge in [-0.2, -0.15) is 0 Å². The van der Waals surface area contributed by atoms with E-state index in [4.69, 9.17) is 0 Å². The second-order valence-electron chi connectivity index (χ2n) is 6.94. The first kappa shape index (κ1) is 18.2. The summed E-state index contributed by atoms with van der Waals surface area (Å²) in [5, 5.41) is 3.14. The first-order chi connectivity index (χ1) is 12.0. The molecule has 132 valence electrons. The zero-order valence-electron chi connectivity index (χ0n) is 14.9. The first-order valence-corrected chi connectivity index (χ1v) is 9.66. The number of halogens is 1. The fourth-order valence-electron chi connectivity index (χ4n) is 3.38. The number of aryl methyl sites for hydroxylation is 1. The molecular weight excluding hydrogens is 376 g/mol. The second kappa shape index (κ2) is 8.15. The van der Waals surface area contributed by atoms with E-state index >= 15 is 0 Å². The predicted octanol–water partition coefficient (Wildman–Crippen LogP) is 4.92. The van der Waals surface area contributed by atoms with Gasteiger partial charge in [-0.15, -0.1) is 0 Å². The van der Waals surface area contributed by atoms with E-state index in [1.54, 1.807) is 0 Å². The number of likely N-dealkylation sites (tertiary alicyclic amines) is 1. The lowest BCUT2D eigenvalue weighted by atomic mass is 9.96. The van der Waals surface area contributed by atoms with Gasteiger partial charge in [-0.1, -0.05) is 40.2 Å². The number of piperidine rings is 1. The third-order valence-corrected chi connectivity index (χ3v) is 5.59. The lowest BCUT2D eigenvalue weighted by Gasteiger charge is -2.32. The molecule has 1 aliphatic rings. The number of nitrogens with zero attached hydrogens (tertiary/aromatic N) is 1. The van der Waals surface area contributed by atoms with Crippen LogP contribution in [0.3, 0.4) is 0 Å². The first-order valence-electron chi connectivity index (χ1n) is 8.87. The molecule has 1 aliphatic heterocycles. The van der Waals surface area contributed by atoms with Crippen molar-refractivity contribution in [3.05, 3.63) is 63.6 Å². The molecule has 2 aromatic carbocycles. The summed E-state index contributed by atoms with van der Waals surface area (Å²) < 4.78 is 1.10. The average molecular weight is 401 g/mol. The molecule has 1 N–H and O–H groups in total. The van der Waals surface area contributed by atoms with Gasteiger partial charge in [-0.3, -0.25) is 9.69 Å². The van der Waals surface area contributed by atoms with Crippen LogP contribution in [0, 0.1) is 19.8 Å². The van der Waals surface area contributed by atoms with Gasteiger partial charge in [0.1, 0.15) is 0 Å². The Hall–Kier alpha value is -1.65. The Morgan fingerprint density at radius 3 is 2.72 bits per heavy atom. The van der Waals surface area contributed by atoms with Crippen LogP contribution in [0.15, 0.2) is 46.9 Å². The molecule has 1 atom stereocenters. The summed E-state index contributed by atoms with van der Waals surface area (Å²) in [6.45, 7) is 6.92. The van der Waals surface area contributed by atoms with Gasteiger partial charge in [0.05, 0.1) is 5.92 Å². The van der Waals surface area contributed by atoms with Crippen molar-refractivity contribution in [2.24, 2.45) is 5.92 Å². The number of nitrogens with one attached hydrogen (secondary N) is 1. The van der Waals surface area contributed by atoms with Gasteiger partial charge in [-0.25, -0.2) is 0 Å². The Labute approximate surface area is 158 Å². The van der Waals surface area contributed by atoms with Crippen molar-refractivity contribution >= 4 is 27.5 Å². The second-order valence-corrected chi connectivity index (χ2v) is 7.85. The Morgan fingerprint density at radius 2 is 1.96 bits per heavy atom. The van der Waals surface area contributed by atoms with E-state index in [1.165, 1.54) is 11.1 Å². The highest BCUT2D eigenvalue weighted by Gasteiger charge is 2.26. The molecule has 25 heavy (non-hydrogen) atoms. The molecule has 0 bridgehead atoms. The van der Waals surface area contributed by atoms with Gasteiger partial charge in [-0.05, 0) is 68.1 Å². The molecule has 0 spiro atoms. The van der Waals surface area contributed by atoms with Crippen molar-refractivity contribution in [1.29, 1.82) is 0 Å². The number of rotatable bonds is 4. The van der Waals surface area contributed by atoms with Crippen LogP contribution in [-0.2, 0) is 11.3 Å². The largest absolute Gasteiger partial charge is 0.326 e. The standard InChI is InChI=1S/C21H25BrN2O/c1-15-5-3-7-20(16(15)2)23-21(25)18-6-4-12-24(14-18)13-17-8-10-19(22)11-9-17/h3,5,7-11,18H,4,6,12-14H2,1-2H3,(H,23,25). The fourth-order valence-corrected chi connectivity index (χ4v) is 3.65. The molecule has 1 heterocycles. The molecule has 0 aliphatic carbocycles. The van der Waals surface area contributed by atoms with Crippen molar-refractivity contribution in [1.82, 2.24) is 4.90 Å². The number of carbonyl (C=O) groups excluding carboxylic acids is 1. The van der Waals surface area contributed by atoms with Crippen molar-refractivity contribution in [3.63, 3.8) is 0 Å². The molecule has 4 heteroatoms. The molecular formula is C21H25BrN2O. The highest BCUT2D eigenvalue weighted by atomic mass is 79.9. The van der Waals surface area contributed by atoms with Crippen LogP contribution in [0.2, 0.25) is 0 Å². The molecule has 2 aromatic rings. The van der Waals surface area contributed by atoms with E-state index in [1.807, 2.05) is 12.1 Å². The summed E-state index contributed by atoms with van der Waals surface area (Å²) in [5.74, 6) is 0.207. The summed E-state index contributed by atoms with van der Waals surface area (Å²) in [7, 11) is 0. The Morgan fingerprint density at radius 1 is 1.20 bits per heavy atom. The molecule has 0 radical (unpaired) electrons. The van der Waals surface area contributed by atoms with E-state index in [9.17, 15) is 4.79 Å². The van der Waals surface area contributed by atoms with Crippen LogP contribution in [0.25, 0.3) is 0 Å². The van der Waals surface area contributed by atoms with Gasteiger partial charge in [0.2, 0.25) is 5.91 Å². The lowest BCUT2D eigenvalue weighted by molar-refractivity contribution is -0.121. The smallest absolute Gasteiger partial charge is 0.228 e. The number of anilines is 1. The van der Waals surface area contributed by atoms with Crippen LogP contribution in [0.4, 0.5) is 5.69 Å². The van der Waals surface area contributed by atoms with Crippen LogP contribution < -0.4 is 5.32 Å². The highest BCUT2D eigenvalue weighted by molar-refractivity contribution is 9.10. The number of amides is 1. The van der Waals surface area contributed by atoms with E-state index in [0.29, 0.717) is 0 Å². The minimum atomic E-state index is 0.0594. The number of carbonyl (C=O) groups is 1. The predicted molar refractivity (Wildman–Crippen MR) is 107 cm³/mol. The maximum absolute atomic E-state index is 12.7. The van der Waals surface area contributed by atoms with E-state index in [0.717, 1.165) is 48.2 Å². The third kappa shape index (κ3) is 4.71. The molecule has 0 aromatic heterocycles. The maximum atomic E-state index is 12.7. The normalized spacial score (nSPS) is 18.1. The zero-order valence-corrected chi connectivity index (χ0v) is 16.5. The number of hydrogen-bond acceptors (Lipinski definition) is 2. The topological polar surface area (TPSA) is 32.3 Å². The summed E-state index contributed by atoms with van der Waals surface area (Å²) in [5.41, 5.74) is 4.59. The van der Waals surface area contributed by atoms with Crippen LogP contribution in [0.5, 0.6) is 0 Å². The zero-order chi connectivity index (χ0) is 17.8. The van der Waals surface area contributed by atoms with Crippen molar-refractivity contribution in [3.8, 4) is 0 Å². The molecule has 0 saturated carbocycles. The summed E-state index contributed by atoms with van der Waals surface area (Å²) >= 11 is 3.48. The Balaban J connectivity index is 1.61. The van der Waals surface area contributed by atoms with Gasteiger partial charge in [0.25, 0.3) is 0 Å². The quantitative estimate of drug-likeness (QED) is 0.789. The van der Waals surface area contributed by atoms with E-state index in [-0.39, 0.29) is 11.8 Å². The number of hydrogen-bond donors (Lipinski definition) is 1.